The fraction of sp³-hybridized carbons (Fsp3) is 0.0952. The molecule has 2 aliphatic rings. The highest BCUT2D eigenvalue weighted by atomic mass is 32.1. The summed E-state index contributed by atoms with van der Waals surface area (Å²) in [6.45, 7) is 5.81. The smallest absolute Gasteiger partial charge is 0.285 e. The third-order valence-corrected chi connectivity index (χ3v) is 10.7. The number of hydrogen-bond acceptors (Lipinski definition) is 5. The number of anilines is 6. The second-order valence-electron chi connectivity index (χ2n) is 13.2. The summed E-state index contributed by atoms with van der Waals surface area (Å²) in [6.07, 6.45) is 4.86. The van der Waals surface area contributed by atoms with E-state index in [0.29, 0.717) is 33.9 Å². The molecule has 5 heterocycles. The molecule has 0 spiro atoms. The van der Waals surface area contributed by atoms with Crippen LogP contribution in [0.25, 0.3) is 26.7 Å². The van der Waals surface area contributed by atoms with E-state index in [1.165, 1.54) is 6.33 Å². The molecule has 0 unspecified atom stereocenters. The fourth-order valence-electron chi connectivity index (χ4n) is 7.46. The summed E-state index contributed by atoms with van der Waals surface area (Å²) in [7, 11) is 0. The molecule has 0 fully saturated rings. The van der Waals surface area contributed by atoms with Crippen LogP contribution in [0.4, 0.5) is 34.1 Å². The van der Waals surface area contributed by atoms with Gasteiger partial charge >= 0.3 is 0 Å². The molecule has 7 heteroatoms. The van der Waals surface area contributed by atoms with E-state index in [0.717, 1.165) is 36.9 Å². The van der Waals surface area contributed by atoms with E-state index < -0.39 is 55.1 Å². The quantitative estimate of drug-likeness (QED) is 0.178. The van der Waals surface area contributed by atoms with Crippen LogP contribution in [0.1, 0.15) is 40.0 Å². The molecule has 234 valence electrons. The van der Waals surface area contributed by atoms with Crippen LogP contribution < -0.4 is 25.6 Å². The van der Waals surface area contributed by atoms with Crippen LogP contribution in [0.5, 0.6) is 0 Å². The van der Waals surface area contributed by atoms with E-state index in [1.807, 2.05) is 36.4 Å². The maximum atomic E-state index is 9.31. The van der Waals surface area contributed by atoms with Crippen molar-refractivity contribution in [3.63, 3.8) is 0 Å². The molecule has 10 rings (SSSR count). The molecule has 0 saturated heterocycles. The van der Waals surface area contributed by atoms with Crippen molar-refractivity contribution in [2.24, 2.45) is 0 Å². The first-order chi connectivity index (χ1) is 28.1. The molecule has 3 aromatic heterocycles. The van der Waals surface area contributed by atoms with Crippen LogP contribution in [0.3, 0.4) is 0 Å². The average Bonchev–Trinajstić information content (AvgIpc) is 3.78. The van der Waals surface area contributed by atoms with Crippen molar-refractivity contribution in [1.82, 2.24) is 14.5 Å². The van der Waals surface area contributed by atoms with Crippen LogP contribution in [-0.2, 0) is 5.41 Å². The highest BCUT2D eigenvalue weighted by molar-refractivity contribution is 7.33. The number of fused-ring (bicyclic) bond motifs is 8. The van der Waals surface area contributed by atoms with Crippen molar-refractivity contribution in [3.8, 4) is 5.69 Å². The molecule has 2 aliphatic heterocycles. The van der Waals surface area contributed by atoms with Gasteiger partial charge in [-0.15, -0.1) is 11.3 Å². The second kappa shape index (κ2) is 10.4. The third-order valence-electron chi connectivity index (χ3n) is 9.48. The van der Waals surface area contributed by atoms with Crippen molar-refractivity contribution in [1.29, 1.82) is 0 Å². The average molecular weight is 660 g/mol. The van der Waals surface area contributed by atoms with Crippen molar-refractivity contribution in [2.75, 3.05) is 9.80 Å². The van der Waals surface area contributed by atoms with Gasteiger partial charge in [-0.1, -0.05) is 87.4 Å². The highest BCUT2D eigenvalue weighted by Gasteiger charge is 2.48. The molecule has 0 radical (unpaired) electrons. The zero-order chi connectivity index (χ0) is 41.6. The number of para-hydroxylation sites is 3. The SMILES string of the molecule is [2H]c1c([2H])c([2H])c(N2c3cccc4c3B(c3sc5ccc(C(C)(C)C)cc5c32)c2c(c3ccccc3n2-c2cncnc2)N4c2c([2H])c([2H])c([2H])c([2H])c2[2H])c([2H])c1[2H]. The van der Waals surface area contributed by atoms with Gasteiger partial charge in [0.1, 0.15) is 6.33 Å². The number of hydrogen-bond donors (Lipinski definition) is 0. The van der Waals surface area contributed by atoms with Gasteiger partial charge < -0.3 is 14.4 Å². The van der Waals surface area contributed by atoms with Gasteiger partial charge in [0, 0.05) is 48.6 Å². The van der Waals surface area contributed by atoms with E-state index in [4.69, 9.17) is 8.22 Å². The Balaban J connectivity index is 1.44. The van der Waals surface area contributed by atoms with Crippen molar-refractivity contribution < 1.29 is 13.7 Å². The number of rotatable bonds is 3. The molecule has 0 saturated carbocycles. The Morgan fingerprint density at radius 1 is 0.694 bits per heavy atom. The first-order valence-electron chi connectivity index (χ1n) is 21.0. The normalized spacial score (nSPS) is 16.3. The number of nitrogens with zero attached hydrogens (tertiary/aromatic N) is 5. The summed E-state index contributed by atoms with van der Waals surface area (Å²) in [6, 6.07) is 15.1. The van der Waals surface area contributed by atoms with E-state index in [2.05, 4.69) is 53.5 Å². The van der Waals surface area contributed by atoms with Crippen molar-refractivity contribution >= 4 is 89.0 Å². The summed E-state index contributed by atoms with van der Waals surface area (Å²) in [5.41, 5.74) is 5.83. The summed E-state index contributed by atoms with van der Waals surface area (Å²) in [5.74, 6) is 0. The number of aromatic nitrogens is 3. The predicted molar refractivity (Wildman–Crippen MR) is 207 cm³/mol. The van der Waals surface area contributed by atoms with Gasteiger partial charge in [-0.2, -0.15) is 0 Å². The number of benzene rings is 5. The van der Waals surface area contributed by atoms with Crippen LogP contribution in [0, 0.1) is 0 Å². The van der Waals surface area contributed by atoms with Gasteiger partial charge in [-0.05, 0) is 70.9 Å². The molecular formula is C42H32BN5S. The molecule has 0 aliphatic carbocycles. The molecular weight excluding hydrogens is 617 g/mol. The van der Waals surface area contributed by atoms with E-state index in [9.17, 15) is 5.48 Å². The summed E-state index contributed by atoms with van der Waals surface area (Å²) in [5, 5.41) is 1.60. The van der Waals surface area contributed by atoms with Crippen LogP contribution in [0.2, 0.25) is 0 Å². The van der Waals surface area contributed by atoms with Crippen LogP contribution in [-0.4, -0.2) is 21.2 Å². The van der Waals surface area contributed by atoms with Gasteiger partial charge in [0.05, 0.1) is 48.7 Å². The highest BCUT2D eigenvalue weighted by Crippen LogP contribution is 2.49. The maximum Gasteiger partial charge on any atom is 0.285 e. The van der Waals surface area contributed by atoms with Gasteiger partial charge in [0.15, 0.2) is 0 Å². The molecule has 8 aromatic rings. The van der Waals surface area contributed by atoms with E-state index >= 15 is 0 Å². The Kier molecular flexibility index (Phi) is 4.25. The largest absolute Gasteiger partial charge is 0.317 e. The molecule has 0 amide bonds. The standard InChI is InChI=1S/C42H32BN5S/c1-42(2,3)27-21-22-36-32(23-27)39-41(49-36)43-37-34(19-12-20-35(37)47(39)29-15-8-5-9-16-29)46(28-13-6-4-7-14-28)38-31-17-10-11-18-33(31)48(40(38)43)30-24-44-26-45-25-30/h4-26H,1-3H3/i4D,5D,6D,7D,8D,9D,13D,14D,15D,16D. The Morgan fingerprint density at radius 2 is 1.35 bits per heavy atom. The lowest BCUT2D eigenvalue weighted by atomic mass is 9.37. The Morgan fingerprint density at radius 3 is 2.02 bits per heavy atom. The topological polar surface area (TPSA) is 37.2 Å². The third kappa shape index (κ3) is 4.06. The Bertz CT molecular complexity index is 3090. The van der Waals surface area contributed by atoms with E-state index in [-0.39, 0.29) is 28.9 Å². The Labute approximate surface area is 303 Å². The van der Waals surface area contributed by atoms with Crippen LogP contribution in [0.15, 0.2) is 140 Å². The monoisotopic (exact) mass is 659 g/mol. The van der Waals surface area contributed by atoms with E-state index in [1.54, 1.807) is 39.6 Å². The lowest BCUT2D eigenvalue weighted by Gasteiger charge is -2.42. The molecule has 0 N–H and O–H groups in total. The summed E-state index contributed by atoms with van der Waals surface area (Å²) in [4.78, 5) is 12.3. The van der Waals surface area contributed by atoms with Gasteiger partial charge in [-0.25, -0.2) is 9.97 Å². The molecule has 0 bridgehead atoms. The molecule has 5 aromatic carbocycles. The first-order valence-corrected chi connectivity index (χ1v) is 16.8. The molecule has 5 nitrogen and oxygen atoms in total. The fourth-order valence-corrected chi connectivity index (χ4v) is 8.74. The van der Waals surface area contributed by atoms with Crippen molar-refractivity contribution in [2.45, 2.75) is 26.2 Å². The maximum absolute atomic E-state index is 9.31. The zero-order valence-corrected chi connectivity index (χ0v) is 27.5. The Hall–Kier alpha value is -5.66. The van der Waals surface area contributed by atoms with Crippen LogP contribution >= 0.6 is 11.3 Å². The van der Waals surface area contributed by atoms with Gasteiger partial charge in [0.25, 0.3) is 6.71 Å². The lowest BCUT2D eigenvalue weighted by Crippen LogP contribution is -2.62. The summed E-state index contributed by atoms with van der Waals surface area (Å²) < 4.78 is 93.1. The van der Waals surface area contributed by atoms with Gasteiger partial charge in [-0.3, -0.25) is 0 Å². The number of thiophene rings is 1. The summed E-state index contributed by atoms with van der Waals surface area (Å²) >= 11 is 1.55. The zero-order valence-electron chi connectivity index (χ0n) is 36.7. The van der Waals surface area contributed by atoms with Crippen molar-refractivity contribution in [3.05, 3.63) is 145 Å². The predicted octanol–water partition coefficient (Wildman–Crippen LogP) is 9.02. The second-order valence-corrected chi connectivity index (χ2v) is 14.3. The minimum atomic E-state index is -0.573. The minimum absolute atomic E-state index is 0.0258. The first kappa shape index (κ1) is 20.0. The van der Waals surface area contributed by atoms with Gasteiger partial charge in [0.2, 0.25) is 0 Å². The minimum Gasteiger partial charge on any atom is -0.317 e. The molecule has 0 atom stereocenters. The molecule has 49 heavy (non-hydrogen) atoms. The lowest BCUT2D eigenvalue weighted by molar-refractivity contribution is 0.591.